The summed E-state index contributed by atoms with van der Waals surface area (Å²) in [4.78, 5) is 81.3. The molecule has 284 valence electrons. The van der Waals surface area contributed by atoms with Gasteiger partial charge in [0.2, 0.25) is 23.6 Å². The van der Waals surface area contributed by atoms with Crippen molar-refractivity contribution in [3.8, 4) is 0 Å². The van der Waals surface area contributed by atoms with Crippen LogP contribution in [0.25, 0.3) is 0 Å². The van der Waals surface area contributed by atoms with Gasteiger partial charge in [-0.15, -0.1) is 0 Å². The predicted octanol–water partition coefficient (Wildman–Crippen LogP) is 2.34. The van der Waals surface area contributed by atoms with Gasteiger partial charge in [-0.1, -0.05) is 36.4 Å². The smallest absolute Gasteiger partial charge is 0.411 e. The van der Waals surface area contributed by atoms with Crippen molar-refractivity contribution in [1.82, 2.24) is 16.0 Å². The van der Waals surface area contributed by atoms with Crippen LogP contribution >= 0.6 is 0 Å². The molecule has 4 saturated carbocycles. The Bertz CT molecular complexity index is 1530. The second-order valence-electron chi connectivity index (χ2n) is 14.5. The van der Waals surface area contributed by atoms with Crippen LogP contribution in [0.4, 0.5) is 21.0 Å². The zero-order chi connectivity index (χ0) is 37.5. The molecule has 0 aromatic heterocycles. The molecule has 10 unspecified atom stereocenters. The lowest BCUT2D eigenvalue weighted by Gasteiger charge is -2.36. The van der Waals surface area contributed by atoms with Gasteiger partial charge >= 0.3 is 12.2 Å². The van der Waals surface area contributed by atoms with Crippen LogP contribution in [0.1, 0.15) is 38.5 Å². The van der Waals surface area contributed by atoms with Crippen molar-refractivity contribution < 1.29 is 38.2 Å². The molecule has 15 nitrogen and oxygen atoms in total. The van der Waals surface area contributed by atoms with Crippen molar-refractivity contribution in [3.05, 3.63) is 60.7 Å². The monoisotopic (exact) mass is 731 g/mol. The summed E-state index contributed by atoms with van der Waals surface area (Å²) >= 11 is 0. The number of nitrogens with one attached hydrogen (secondary N) is 5. The zero-order valence-corrected chi connectivity index (χ0v) is 29.5. The van der Waals surface area contributed by atoms with E-state index in [4.69, 9.17) is 20.9 Å². The number of carbonyl (C=O) groups is 6. The van der Waals surface area contributed by atoms with E-state index in [9.17, 15) is 28.8 Å². The van der Waals surface area contributed by atoms with Crippen molar-refractivity contribution in [2.24, 2.45) is 58.8 Å². The maximum atomic E-state index is 14.2. The summed E-state index contributed by atoms with van der Waals surface area (Å²) in [5.74, 6) is -6.97. The number of imide groups is 1. The van der Waals surface area contributed by atoms with Gasteiger partial charge in [-0.25, -0.2) is 9.59 Å². The van der Waals surface area contributed by atoms with Crippen LogP contribution in [0.2, 0.25) is 0 Å². The molecule has 0 aliphatic heterocycles. The molecule has 10 atom stereocenters. The number of benzene rings is 2. The molecule has 4 bridgehead atoms. The molecular formula is C38H49N7O8. The Hall–Kier alpha value is -5.02. The number of carbonyl (C=O) groups excluding carboxylic acids is 6. The fourth-order valence-electron chi connectivity index (χ4n) is 9.11. The molecule has 0 radical (unpaired) electrons. The van der Waals surface area contributed by atoms with Crippen molar-refractivity contribution in [3.63, 3.8) is 0 Å². The lowest BCUT2D eigenvalue weighted by Crippen LogP contribution is -2.53. The third kappa shape index (κ3) is 8.62. The first-order chi connectivity index (χ1) is 25.7. The van der Waals surface area contributed by atoms with Gasteiger partial charge in [0, 0.05) is 36.3 Å². The molecule has 4 aliphatic carbocycles. The highest BCUT2D eigenvalue weighted by atomic mass is 16.6. The molecule has 9 N–H and O–H groups in total. The minimum atomic E-state index is -0.968. The van der Waals surface area contributed by atoms with Crippen LogP contribution < -0.4 is 38.1 Å². The van der Waals surface area contributed by atoms with E-state index >= 15 is 0 Å². The quantitative estimate of drug-likeness (QED) is 0.111. The molecule has 15 heteroatoms. The van der Waals surface area contributed by atoms with E-state index in [1.165, 1.54) is 0 Å². The van der Waals surface area contributed by atoms with Gasteiger partial charge in [-0.05, 0) is 87.7 Å². The lowest BCUT2D eigenvalue weighted by molar-refractivity contribution is -0.147. The van der Waals surface area contributed by atoms with Crippen LogP contribution in [0, 0.1) is 47.3 Å². The minimum absolute atomic E-state index is 0.261. The van der Waals surface area contributed by atoms with Gasteiger partial charge in [-0.2, -0.15) is 0 Å². The number of hydrogen-bond acceptors (Lipinski definition) is 10. The molecule has 2 aromatic carbocycles. The molecule has 0 heterocycles. The number of hydrogen-bond donors (Lipinski definition) is 7. The number of rotatable bonds is 14. The molecule has 6 amide bonds. The van der Waals surface area contributed by atoms with Gasteiger partial charge in [0.15, 0.2) is 0 Å². The molecular weight excluding hydrogens is 682 g/mol. The fourth-order valence-corrected chi connectivity index (χ4v) is 9.11. The Balaban J connectivity index is 1.18. The second-order valence-corrected chi connectivity index (χ2v) is 14.5. The average molecular weight is 732 g/mol. The van der Waals surface area contributed by atoms with Gasteiger partial charge in [0.1, 0.15) is 12.2 Å². The molecule has 0 spiro atoms. The van der Waals surface area contributed by atoms with Gasteiger partial charge in [0.05, 0.1) is 23.7 Å². The van der Waals surface area contributed by atoms with Crippen LogP contribution in [0.5, 0.6) is 0 Å². The van der Waals surface area contributed by atoms with E-state index in [2.05, 4.69) is 26.6 Å². The number of amides is 6. The maximum absolute atomic E-state index is 14.2. The third-order valence-corrected chi connectivity index (χ3v) is 11.3. The first kappa shape index (κ1) is 37.7. The van der Waals surface area contributed by atoms with E-state index in [1.807, 2.05) is 12.1 Å². The largest absolute Gasteiger partial charge is 0.446 e. The number of nitrogens with two attached hydrogens (primary N) is 2. The van der Waals surface area contributed by atoms with Crippen molar-refractivity contribution in [2.45, 2.75) is 50.7 Å². The second kappa shape index (κ2) is 17.2. The Kier molecular flexibility index (Phi) is 12.2. The topological polar surface area (TPSA) is 233 Å². The summed E-state index contributed by atoms with van der Waals surface area (Å²) in [6.07, 6.45) is 0.120. The summed E-state index contributed by atoms with van der Waals surface area (Å²) in [5, 5.41) is 13.7. The number of fused-ring (bicyclic) bond motifs is 4. The summed E-state index contributed by atoms with van der Waals surface area (Å²) < 4.78 is 11.6. The molecule has 6 rings (SSSR count). The molecule has 53 heavy (non-hydrogen) atoms. The highest BCUT2D eigenvalue weighted by molar-refractivity contribution is 6.02. The van der Waals surface area contributed by atoms with E-state index in [0.717, 1.165) is 0 Å². The molecule has 0 saturated heterocycles. The zero-order valence-electron chi connectivity index (χ0n) is 29.5. The maximum Gasteiger partial charge on any atom is 0.411 e. The summed E-state index contributed by atoms with van der Waals surface area (Å²) in [7, 11) is 0. The van der Waals surface area contributed by atoms with Gasteiger partial charge in [0.25, 0.3) is 0 Å². The molecule has 4 aliphatic rings. The number of anilines is 2. The van der Waals surface area contributed by atoms with Crippen LogP contribution in [0.15, 0.2) is 60.7 Å². The lowest BCUT2D eigenvalue weighted by atomic mass is 9.75. The average Bonchev–Trinajstić information content (AvgIpc) is 3.92. The SMILES string of the molecule is NCCCNC(=O)C1C2CC(OC(=O)Nc3ccccc3)C(C2)C1C(=O)NC(=O)C1C2CC(CC2OC(=O)Nc2ccccc2)C1C(=O)NCCCN. The minimum Gasteiger partial charge on any atom is -0.446 e. The highest BCUT2D eigenvalue weighted by Crippen LogP contribution is 2.55. The van der Waals surface area contributed by atoms with Crippen molar-refractivity contribution >= 4 is 47.2 Å². The first-order valence-electron chi connectivity index (χ1n) is 18.5. The van der Waals surface area contributed by atoms with Crippen LogP contribution in [-0.4, -0.2) is 74.2 Å². The first-order valence-corrected chi connectivity index (χ1v) is 18.5. The van der Waals surface area contributed by atoms with E-state index in [1.54, 1.807) is 48.5 Å². The standard InChI is InChI=1S/C38H49N7O8/c39-13-7-15-41-33(46)29-21-17-25(27(19-21)52-37(50)43-23-9-3-1-4-10-23)31(29)35(48)45-36(49)32-26-18-22(30(32)34(47)42-16-8-14-40)20-28(26)53-38(51)44-24-11-5-2-6-12-24/h1-6,9-12,21-22,25-32H,7-8,13-20,39-40H2,(H,41,46)(H,42,47)(H,43,50)(H,44,51)(H,45,48,49). The summed E-state index contributed by atoms with van der Waals surface area (Å²) in [6.45, 7) is 1.43. The Labute approximate surface area is 308 Å². The van der Waals surface area contributed by atoms with E-state index in [0.29, 0.717) is 76.1 Å². The Morgan fingerprint density at radius 1 is 0.547 bits per heavy atom. The van der Waals surface area contributed by atoms with Crippen molar-refractivity contribution in [2.75, 3.05) is 36.8 Å². The molecule has 4 fully saturated rings. The van der Waals surface area contributed by atoms with Crippen LogP contribution in [-0.2, 0) is 28.7 Å². The predicted molar refractivity (Wildman–Crippen MR) is 194 cm³/mol. The fraction of sp³-hybridized carbons (Fsp3) is 0.526. The van der Waals surface area contributed by atoms with E-state index < -0.39 is 71.7 Å². The highest BCUT2D eigenvalue weighted by Gasteiger charge is 2.62. The Morgan fingerprint density at radius 3 is 1.32 bits per heavy atom. The summed E-state index contributed by atoms with van der Waals surface area (Å²) in [6, 6.07) is 17.6. The Morgan fingerprint density at radius 2 is 0.943 bits per heavy atom. The normalized spacial score (nSPS) is 29.2. The van der Waals surface area contributed by atoms with Gasteiger partial charge in [-0.3, -0.25) is 35.1 Å². The van der Waals surface area contributed by atoms with E-state index in [-0.39, 0.29) is 23.7 Å². The number of para-hydroxylation sites is 2. The van der Waals surface area contributed by atoms with Gasteiger partial charge < -0.3 is 31.6 Å². The third-order valence-electron chi connectivity index (χ3n) is 11.3. The van der Waals surface area contributed by atoms with Crippen LogP contribution in [0.3, 0.4) is 0 Å². The molecule has 2 aromatic rings. The van der Waals surface area contributed by atoms with Crippen molar-refractivity contribution in [1.29, 1.82) is 0 Å². The number of ether oxygens (including phenoxy) is 2. The summed E-state index contributed by atoms with van der Waals surface area (Å²) in [5.41, 5.74) is 12.4.